The number of carboxylic acid groups (broad SMARTS) is 1. The minimum absolute atomic E-state index is 0.408. The molecule has 1 aromatic carbocycles. The Bertz CT molecular complexity index is 460. The van der Waals surface area contributed by atoms with Gasteiger partial charge in [0.25, 0.3) is 0 Å². The summed E-state index contributed by atoms with van der Waals surface area (Å²) in [6.45, 7) is 7.58. The molecule has 2 N–H and O–H groups in total. The molecule has 5 heteroatoms. The molecule has 0 heterocycles. The highest BCUT2D eigenvalue weighted by Crippen LogP contribution is 2.26. The molecule has 0 saturated carbocycles. The van der Waals surface area contributed by atoms with E-state index in [-0.39, 0.29) is 0 Å². The zero-order valence-corrected chi connectivity index (χ0v) is 13.2. The molecule has 0 bridgehead atoms. The second-order valence-electron chi connectivity index (χ2n) is 5.35. The molecule has 1 rings (SSSR count). The van der Waals surface area contributed by atoms with Gasteiger partial charge in [0.15, 0.2) is 6.10 Å². The molecule has 0 spiro atoms. The molecule has 1 atom stereocenters. The van der Waals surface area contributed by atoms with Crippen molar-refractivity contribution in [3.05, 3.63) is 23.8 Å². The zero-order valence-electron chi connectivity index (χ0n) is 13.2. The van der Waals surface area contributed by atoms with Crippen LogP contribution < -0.4 is 14.8 Å². The fraction of sp³-hybridized carbons (Fsp3) is 0.562. The number of hydrogen-bond acceptors (Lipinski definition) is 4. The highest BCUT2D eigenvalue weighted by Gasteiger charge is 2.19. The van der Waals surface area contributed by atoms with E-state index in [4.69, 9.17) is 14.6 Å². The van der Waals surface area contributed by atoms with E-state index in [1.165, 1.54) is 0 Å². The summed E-state index contributed by atoms with van der Waals surface area (Å²) in [6.07, 6.45) is -0.438. The maximum Gasteiger partial charge on any atom is 0.344 e. The van der Waals surface area contributed by atoms with Gasteiger partial charge >= 0.3 is 5.97 Å². The predicted octanol–water partition coefficient (Wildman–Crippen LogP) is 2.68. The quantitative estimate of drug-likeness (QED) is 0.733. The fourth-order valence-corrected chi connectivity index (χ4v) is 1.87. The van der Waals surface area contributed by atoms with E-state index >= 15 is 0 Å². The van der Waals surface area contributed by atoms with Crippen LogP contribution in [-0.2, 0) is 11.3 Å². The third-order valence-corrected chi connectivity index (χ3v) is 3.06. The standard InChI is InChI=1S/C16H25NO4/c1-5-14(16(18)19)21-15-8-13(20-4)7-6-12(15)10-17-9-11(2)3/h6-8,11,14,17H,5,9-10H2,1-4H3,(H,18,19). The lowest BCUT2D eigenvalue weighted by molar-refractivity contribution is -0.145. The predicted molar refractivity (Wildman–Crippen MR) is 81.9 cm³/mol. The van der Waals surface area contributed by atoms with Gasteiger partial charge in [-0.3, -0.25) is 0 Å². The van der Waals surface area contributed by atoms with Crippen LogP contribution in [-0.4, -0.2) is 30.8 Å². The minimum atomic E-state index is -0.957. The molecule has 0 aliphatic heterocycles. The van der Waals surface area contributed by atoms with E-state index in [2.05, 4.69) is 19.2 Å². The summed E-state index contributed by atoms with van der Waals surface area (Å²) in [7, 11) is 1.57. The average molecular weight is 295 g/mol. The normalized spacial score (nSPS) is 12.2. The van der Waals surface area contributed by atoms with E-state index in [9.17, 15) is 4.79 Å². The third kappa shape index (κ3) is 5.63. The van der Waals surface area contributed by atoms with Crippen molar-refractivity contribution in [3.8, 4) is 11.5 Å². The van der Waals surface area contributed by atoms with Gasteiger partial charge in [-0.1, -0.05) is 26.8 Å². The number of hydrogen-bond donors (Lipinski definition) is 2. The zero-order chi connectivity index (χ0) is 15.8. The largest absolute Gasteiger partial charge is 0.497 e. The summed E-state index contributed by atoms with van der Waals surface area (Å²) in [4.78, 5) is 11.1. The first-order chi connectivity index (χ1) is 9.97. The Morgan fingerprint density at radius 2 is 2.10 bits per heavy atom. The first kappa shape index (κ1) is 17.3. The van der Waals surface area contributed by atoms with Gasteiger partial charge in [-0.15, -0.1) is 0 Å². The summed E-state index contributed by atoms with van der Waals surface area (Å²) in [6, 6.07) is 5.48. The van der Waals surface area contributed by atoms with Crippen molar-refractivity contribution in [2.45, 2.75) is 39.8 Å². The van der Waals surface area contributed by atoms with Crippen molar-refractivity contribution in [1.29, 1.82) is 0 Å². The van der Waals surface area contributed by atoms with Gasteiger partial charge in [0.1, 0.15) is 11.5 Å². The Labute approximate surface area is 126 Å². The number of aliphatic carboxylic acids is 1. The molecule has 0 aliphatic rings. The molecule has 0 amide bonds. The summed E-state index contributed by atoms with van der Waals surface area (Å²) >= 11 is 0. The van der Waals surface area contributed by atoms with Crippen LogP contribution in [0, 0.1) is 5.92 Å². The molecule has 1 aromatic rings. The second kappa shape index (κ2) is 8.52. The Kier molecular flexibility index (Phi) is 7.02. The SMILES string of the molecule is CCC(Oc1cc(OC)ccc1CNCC(C)C)C(=O)O. The number of ether oxygens (including phenoxy) is 2. The van der Waals surface area contributed by atoms with E-state index in [1.54, 1.807) is 20.1 Å². The van der Waals surface area contributed by atoms with Gasteiger partial charge in [-0.25, -0.2) is 4.79 Å². The smallest absolute Gasteiger partial charge is 0.344 e. The first-order valence-corrected chi connectivity index (χ1v) is 7.25. The van der Waals surface area contributed by atoms with Crippen LogP contribution in [0.15, 0.2) is 18.2 Å². The molecular formula is C16H25NO4. The minimum Gasteiger partial charge on any atom is -0.497 e. The molecule has 1 unspecified atom stereocenters. The number of methoxy groups -OCH3 is 1. The maximum absolute atomic E-state index is 11.1. The Balaban J connectivity index is 2.88. The molecule has 0 aromatic heterocycles. The molecule has 118 valence electrons. The Morgan fingerprint density at radius 3 is 2.62 bits per heavy atom. The number of carbonyl (C=O) groups is 1. The van der Waals surface area contributed by atoms with Crippen LogP contribution in [0.3, 0.4) is 0 Å². The Hall–Kier alpha value is -1.75. The van der Waals surface area contributed by atoms with Gasteiger partial charge in [-0.2, -0.15) is 0 Å². The van der Waals surface area contributed by atoms with E-state index in [0.717, 1.165) is 12.1 Å². The highest BCUT2D eigenvalue weighted by molar-refractivity contribution is 5.72. The van der Waals surface area contributed by atoms with E-state index < -0.39 is 12.1 Å². The van der Waals surface area contributed by atoms with Crippen LogP contribution >= 0.6 is 0 Å². The lowest BCUT2D eigenvalue weighted by Gasteiger charge is -2.18. The van der Waals surface area contributed by atoms with Crippen molar-refractivity contribution >= 4 is 5.97 Å². The maximum atomic E-state index is 11.1. The molecule has 21 heavy (non-hydrogen) atoms. The summed E-state index contributed by atoms with van der Waals surface area (Å²) in [5, 5.41) is 12.5. The lowest BCUT2D eigenvalue weighted by atomic mass is 10.1. The molecule has 0 saturated heterocycles. The summed E-state index contributed by atoms with van der Waals surface area (Å²) < 4.78 is 10.8. The van der Waals surface area contributed by atoms with Crippen LogP contribution in [0.4, 0.5) is 0 Å². The van der Waals surface area contributed by atoms with Crippen LogP contribution in [0.25, 0.3) is 0 Å². The average Bonchev–Trinajstić information content (AvgIpc) is 2.45. The molecule has 0 radical (unpaired) electrons. The number of benzene rings is 1. The highest BCUT2D eigenvalue weighted by atomic mass is 16.5. The third-order valence-electron chi connectivity index (χ3n) is 3.06. The van der Waals surface area contributed by atoms with Crippen molar-refractivity contribution in [1.82, 2.24) is 5.32 Å². The van der Waals surface area contributed by atoms with Gasteiger partial charge in [0, 0.05) is 18.2 Å². The molecular weight excluding hydrogens is 270 g/mol. The monoisotopic (exact) mass is 295 g/mol. The van der Waals surface area contributed by atoms with Crippen LogP contribution in [0.5, 0.6) is 11.5 Å². The van der Waals surface area contributed by atoms with Crippen molar-refractivity contribution in [2.24, 2.45) is 5.92 Å². The van der Waals surface area contributed by atoms with Gasteiger partial charge in [0.05, 0.1) is 7.11 Å². The summed E-state index contributed by atoms with van der Waals surface area (Å²) in [5.74, 6) is 0.800. The molecule has 0 aliphatic carbocycles. The van der Waals surface area contributed by atoms with Crippen LogP contribution in [0.1, 0.15) is 32.8 Å². The topological polar surface area (TPSA) is 67.8 Å². The van der Waals surface area contributed by atoms with Gasteiger partial charge in [-0.05, 0) is 24.9 Å². The van der Waals surface area contributed by atoms with Crippen molar-refractivity contribution in [3.63, 3.8) is 0 Å². The molecule has 0 fully saturated rings. The second-order valence-corrected chi connectivity index (χ2v) is 5.35. The van der Waals surface area contributed by atoms with E-state index in [0.29, 0.717) is 30.4 Å². The Morgan fingerprint density at radius 1 is 1.38 bits per heavy atom. The van der Waals surface area contributed by atoms with Crippen molar-refractivity contribution < 1.29 is 19.4 Å². The fourth-order valence-electron chi connectivity index (χ4n) is 1.87. The number of nitrogens with one attached hydrogen (secondary N) is 1. The number of carboxylic acids is 1. The lowest BCUT2D eigenvalue weighted by Crippen LogP contribution is -2.27. The van der Waals surface area contributed by atoms with E-state index in [1.807, 2.05) is 12.1 Å². The summed E-state index contributed by atoms with van der Waals surface area (Å²) in [5.41, 5.74) is 0.927. The first-order valence-electron chi connectivity index (χ1n) is 7.25. The van der Waals surface area contributed by atoms with Gasteiger partial charge in [0.2, 0.25) is 0 Å². The molecule has 5 nitrogen and oxygen atoms in total. The number of rotatable bonds is 9. The van der Waals surface area contributed by atoms with Crippen LogP contribution in [0.2, 0.25) is 0 Å². The van der Waals surface area contributed by atoms with Crippen molar-refractivity contribution in [2.75, 3.05) is 13.7 Å². The van der Waals surface area contributed by atoms with Gasteiger partial charge < -0.3 is 19.9 Å².